The molecule has 1 heterocycles. The van der Waals surface area contributed by atoms with Gasteiger partial charge < -0.3 is 4.98 Å². The molecule has 0 atom stereocenters. The molecule has 1 aliphatic rings. The van der Waals surface area contributed by atoms with Crippen LogP contribution in [0, 0.1) is 13.8 Å². The highest BCUT2D eigenvalue weighted by Crippen LogP contribution is 2.29. The number of aromatic amines is 1. The van der Waals surface area contributed by atoms with Gasteiger partial charge in [0.05, 0.1) is 0 Å². The van der Waals surface area contributed by atoms with Crippen molar-refractivity contribution in [3.05, 3.63) is 182 Å². The van der Waals surface area contributed by atoms with E-state index in [4.69, 9.17) is 0 Å². The average Bonchev–Trinajstić information content (AvgIpc) is 3.51. The Morgan fingerprint density at radius 2 is 0.755 bits per heavy atom. The summed E-state index contributed by atoms with van der Waals surface area (Å²) in [6, 6.07) is 51.1. The van der Waals surface area contributed by atoms with Gasteiger partial charge in [-0.15, -0.1) is 13.2 Å². The molecule has 0 saturated heterocycles. The monoisotopic (exact) mass is 643 g/mol. The summed E-state index contributed by atoms with van der Waals surface area (Å²) in [6.45, 7) is 18.3. The minimum Gasteiger partial charge on any atom is -0.354 e. The Bertz CT molecular complexity index is 2080. The molecule has 8 aromatic rings. The SMILES string of the molecule is C1=CCC1.C=C.CC.CC.Cc1cccc2ccccc12.Cc1cccc2ccccc12.c1ccc2cc3c(cc2c1)[nH]c1ccccc13. The third-order valence-corrected chi connectivity index (χ3v) is 8.05. The van der Waals surface area contributed by atoms with Crippen LogP contribution >= 0.6 is 0 Å². The first-order chi connectivity index (χ1) is 24.2. The zero-order chi connectivity index (χ0) is 35.4. The lowest BCUT2D eigenvalue weighted by molar-refractivity contribution is 0.962. The summed E-state index contributed by atoms with van der Waals surface area (Å²) in [5, 5.41) is 10.5. The van der Waals surface area contributed by atoms with Gasteiger partial charge in [0, 0.05) is 21.8 Å². The number of hydrogen-bond acceptors (Lipinski definition) is 0. The Morgan fingerprint density at radius 3 is 1.20 bits per heavy atom. The van der Waals surface area contributed by atoms with Crippen LogP contribution in [-0.2, 0) is 0 Å². The van der Waals surface area contributed by atoms with Crippen LogP contribution in [0.1, 0.15) is 51.7 Å². The molecule has 0 bridgehead atoms. The quantitative estimate of drug-likeness (QED) is 0.158. The molecular weight excluding hydrogens is 591 g/mol. The van der Waals surface area contributed by atoms with Gasteiger partial charge in [-0.3, -0.25) is 0 Å². The zero-order valence-electron chi connectivity index (χ0n) is 30.3. The smallest absolute Gasteiger partial charge is 0.0471 e. The van der Waals surface area contributed by atoms with Crippen molar-refractivity contribution in [1.82, 2.24) is 4.98 Å². The molecule has 0 fully saturated rings. The number of para-hydroxylation sites is 1. The van der Waals surface area contributed by atoms with Crippen molar-refractivity contribution in [3.63, 3.8) is 0 Å². The van der Waals surface area contributed by atoms with Crippen LogP contribution in [0.4, 0.5) is 0 Å². The number of rotatable bonds is 0. The van der Waals surface area contributed by atoms with Crippen LogP contribution in [0.25, 0.3) is 54.1 Å². The normalized spacial score (nSPS) is 10.6. The lowest BCUT2D eigenvalue weighted by Crippen LogP contribution is -1.75. The maximum absolute atomic E-state index is 3.47. The fraction of sp³-hybridized carbons (Fsp3) is 0.167. The van der Waals surface area contributed by atoms with Gasteiger partial charge in [-0.2, -0.15) is 0 Å². The molecule has 49 heavy (non-hydrogen) atoms. The van der Waals surface area contributed by atoms with Gasteiger partial charge in [-0.25, -0.2) is 0 Å². The van der Waals surface area contributed by atoms with E-state index in [9.17, 15) is 0 Å². The van der Waals surface area contributed by atoms with Crippen LogP contribution in [0.5, 0.6) is 0 Å². The molecule has 0 radical (unpaired) electrons. The minimum absolute atomic E-state index is 1.21. The molecule has 0 amide bonds. The average molecular weight is 644 g/mol. The van der Waals surface area contributed by atoms with Gasteiger partial charge in [-0.05, 0) is 88.3 Å². The highest BCUT2D eigenvalue weighted by molar-refractivity contribution is 6.11. The molecule has 1 aliphatic carbocycles. The largest absolute Gasteiger partial charge is 0.354 e. The molecule has 1 nitrogen and oxygen atoms in total. The first-order valence-electron chi connectivity index (χ1n) is 17.6. The predicted molar refractivity (Wildman–Crippen MR) is 223 cm³/mol. The van der Waals surface area contributed by atoms with Crippen molar-refractivity contribution in [2.24, 2.45) is 0 Å². The van der Waals surface area contributed by atoms with Crippen LogP contribution in [0.2, 0.25) is 0 Å². The summed E-state index contributed by atoms with van der Waals surface area (Å²) in [5.74, 6) is 0. The van der Waals surface area contributed by atoms with E-state index in [1.165, 1.54) is 78.1 Å². The summed E-state index contributed by atoms with van der Waals surface area (Å²) in [5.41, 5.74) is 5.12. The number of H-pyrrole nitrogens is 1. The fourth-order valence-corrected chi connectivity index (χ4v) is 5.48. The van der Waals surface area contributed by atoms with E-state index in [1.54, 1.807) is 0 Å². The van der Waals surface area contributed by atoms with Gasteiger partial charge in [0.25, 0.3) is 0 Å². The molecule has 1 aromatic heterocycles. The van der Waals surface area contributed by atoms with E-state index in [-0.39, 0.29) is 0 Å². The first-order valence-corrected chi connectivity index (χ1v) is 17.6. The second-order valence-corrected chi connectivity index (χ2v) is 11.1. The minimum atomic E-state index is 1.21. The highest BCUT2D eigenvalue weighted by atomic mass is 14.7. The number of hydrogen-bond donors (Lipinski definition) is 1. The van der Waals surface area contributed by atoms with Crippen LogP contribution in [-0.4, -0.2) is 4.98 Å². The van der Waals surface area contributed by atoms with Crippen molar-refractivity contribution in [1.29, 1.82) is 0 Å². The summed E-state index contributed by atoms with van der Waals surface area (Å²) in [4.78, 5) is 3.47. The number of benzene rings is 7. The van der Waals surface area contributed by atoms with Crippen molar-refractivity contribution in [3.8, 4) is 0 Å². The fourth-order valence-electron chi connectivity index (χ4n) is 5.48. The standard InChI is InChI=1S/C16H11N.2C11H10.C4H6.2C2H6.C2H4/c1-2-6-12-10-16-14(9-11(12)5-1)13-7-3-4-8-15(13)17-16;2*1-9-5-4-7-10-6-2-3-8-11(9)10;1-2-4-3-1;3*1-2/h1-10,17H;2*2-8H,1H3;1-2H,3-4H2;2*1-2H3;1-2H2. The lowest BCUT2D eigenvalue weighted by Gasteiger charge is -1.98. The third kappa shape index (κ3) is 10.3. The zero-order valence-corrected chi connectivity index (χ0v) is 30.3. The Balaban J connectivity index is 0.000000180. The molecule has 0 spiro atoms. The predicted octanol–water partition coefficient (Wildman–Crippen LogP) is 15.0. The molecule has 1 heteroatoms. The highest BCUT2D eigenvalue weighted by Gasteiger charge is 2.04. The number of allylic oxidation sites excluding steroid dienone is 2. The summed E-state index contributed by atoms with van der Waals surface area (Å²) in [6.07, 6.45) is 7.00. The van der Waals surface area contributed by atoms with Gasteiger partial charge in [-0.1, -0.05) is 167 Å². The molecule has 0 saturated carbocycles. The van der Waals surface area contributed by atoms with Gasteiger partial charge in [0.2, 0.25) is 0 Å². The number of nitrogens with one attached hydrogen (secondary N) is 1. The molecule has 0 unspecified atom stereocenters. The Kier molecular flexibility index (Phi) is 16.1. The summed E-state index contributed by atoms with van der Waals surface area (Å²) in [7, 11) is 0. The van der Waals surface area contributed by atoms with E-state index in [0.29, 0.717) is 0 Å². The van der Waals surface area contributed by atoms with E-state index in [2.05, 4.69) is 190 Å². The lowest BCUT2D eigenvalue weighted by atomic mass is 10.1. The summed E-state index contributed by atoms with van der Waals surface area (Å²) >= 11 is 0. The van der Waals surface area contributed by atoms with Gasteiger partial charge in [0.1, 0.15) is 0 Å². The summed E-state index contributed by atoms with van der Waals surface area (Å²) < 4.78 is 0. The molecule has 7 aromatic carbocycles. The third-order valence-electron chi connectivity index (χ3n) is 8.05. The topological polar surface area (TPSA) is 15.8 Å². The second kappa shape index (κ2) is 20.8. The van der Waals surface area contributed by atoms with E-state index < -0.39 is 0 Å². The molecule has 9 rings (SSSR count). The maximum atomic E-state index is 3.47. The Hall–Kier alpha value is -5.40. The maximum Gasteiger partial charge on any atom is 0.0471 e. The molecule has 1 N–H and O–H groups in total. The van der Waals surface area contributed by atoms with Gasteiger partial charge in [0.15, 0.2) is 0 Å². The Labute approximate surface area is 294 Å². The van der Waals surface area contributed by atoms with Crippen molar-refractivity contribution < 1.29 is 0 Å². The van der Waals surface area contributed by atoms with E-state index in [1.807, 2.05) is 27.7 Å². The first kappa shape index (κ1) is 38.1. The van der Waals surface area contributed by atoms with Gasteiger partial charge >= 0.3 is 0 Å². The van der Waals surface area contributed by atoms with Crippen molar-refractivity contribution in [2.45, 2.75) is 54.4 Å². The van der Waals surface area contributed by atoms with E-state index >= 15 is 0 Å². The number of fused-ring (bicyclic) bond motifs is 6. The van der Waals surface area contributed by atoms with Crippen molar-refractivity contribution in [2.75, 3.05) is 0 Å². The van der Waals surface area contributed by atoms with Crippen LogP contribution in [0.15, 0.2) is 171 Å². The number of aryl methyl sites for hydroxylation is 2. The number of aromatic nitrogens is 1. The Morgan fingerprint density at radius 1 is 0.388 bits per heavy atom. The van der Waals surface area contributed by atoms with Crippen molar-refractivity contribution >= 4 is 54.1 Å². The molecular formula is C48H53N. The second-order valence-electron chi connectivity index (χ2n) is 11.1. The van der Waals surface area contributed by atoms with Crippen LogP contribution in [0.3, 0.4) is 0 Å². The molecule has 0 aliphatic heterocycles. The van der Waals surface area contributed by atoms with Crippen LogP contribution < -0.4 is 0 Å². The molecule has 250 valence electrons. The van der Waals surface area contributed by atoms with E-state index in [0.717, 1.165) is 0 Å².